The lowest BCUT2D eigenvalue weighted by atomic mass is 10.1. The van der Waals surface area contributed by atoms with Crippen LogP contribution >= 0.6 is 11.8 Å². The summed E-state index contributed by atoms with van der Waals surface area (Å²) in [6.07, 6.45) is 2.26. The molecular weight excluding hydrogens is 340 g/mol. The minimum absolute atomic E-state index is 0.0396. The molecule has 1 unspecified atom stereocenters. The number of hydrogen-bond acceptors (Lipinski definition) is 7. The highest BCUT2D eigenvalue weighted by molar-refractivity contribution is 7.99. The molecule has 1 aromatic rings. The Hall–Kier alpha value is -1.12. The zero-order chi connectivity index (χ0) is 17.8. The quantitative estimate of drug-likeness (QED) is 0.783. The van der Waals surface area contributed by atoms with Crippen molar-refractivity contribution in [3.05, 3.63) is 11.7 Å². The van der Waals surface area contributed by atoms with Crippen LogP contribution in [0.2, 0.25) is 0 Å². The molecule has 0 saturated carbocycles. The molecule has 0 aliphatic carbocycles. The largest absolute Gasteiger partial charge is 0.367 e. The lowest BCUT2D eigenvalue weighted by Crippen LogP contribution is -2.44. The van der Waals surface area contributed by atoms with Gasteiger partial charge in [-0.1, -0.05) is 5.16 Å². The molecule has 25 heavy (non-hydrogen) atoms. The number of amides is 1. The van der Waals surface area contributed by atoms with Gasteiger partial charge < -0.3 is 14.2 Å². The summed E-state index contributed by atoms with van der Waals surface area (Å²) in [5.74, 6) is 3.66. The fourth-order valence-corrected chi connectivity index (χ4v) is 4.58. The van der Waals surface area contributed by atoms with E-state index >= 15 is 0 Å². The highest BCUT2D eigenvalue weighted by atomic mass is 32.2. The Balaban J connectivity index is 1.68. The Morgan fingerprint density at radius 3 is 2.72 bits per heavy atom. The van der Waals surface area contributed by atoms with Crippen LogP contribution in [-0.4, -0.2) is 75.2 Å². The van der Waals surface area contributed by atoms with Crippen LogP contribution in [0.5, 0.6) is 0 Å². The number of rotatable bonds is 5. The molecule has 0 radical (unpaired) electrons. The van der Waals surface area contributed by atoms with Gasteiger partial charge in [0.25, 0.3) is 0 Å². The number of nitrogens with zero attached hydrogens (tertiary/aromatic N) is 4. The van der Waals surface area contributed by atoms with Crippen LogP contribution in [0.4, 0.5) is 0 Å². The second kappa shape index (κ2) is 8.51. The predicted octanol–water partition coefficient (Wildman–Crippen LogP) is 1.71. The Labute approximate surface area is 153 Å². The maximum Gasteiger partial charge on any atom is 0.237 e. The fourth-order valence-electron chi connectivity index (χ4n) is 3.49. The SMILES string of the molecule is Cc1nc(COC2CN(C3CCSCC3)CC(=O)N(C(C)C)C2)no1. The van der Waals surface area contributed by atoms with Crippen molar-refractivity contribution in [1.29, 1.82) is 0 Å². The second-order valence-electron chi connectivity index (χ2n) is 7.08. The molecule has 7 nitrogen and oxygen atoms in total. The van der Waals surface area contributed by atoms with Gasteiger partial charge in [0.15, 0.2) is 5.82 Å². The number of thioether (sulfide) groups is 1. The van der Waals surface area contributed by atoms with Crippen molar-refractivity contribution in [1.82, 2.24) is 19.9 Å². The van der Waals surface area contributed by atoms with Crippen molar-refractivity contribution < 1.29 is 14.1 Å². The Morgan fingerprint density at radius 2 is 2.08 bits per heavy atom. The first-order chi connectivity index (χ1) is 12.0. The summed E-state index contributed by atoms with van der Waals surface area (Å²) in [5, 5.41) is 3.89. The van der Waals surface area contributed by atoms with E-state index in [0.717, 1.165) is 19.4 Å². The molecule has 1 aromatic heterocycles. The second-order valence-corrected chi connectivity index (χ2v) is 8.30. The topological polar surface area (TPSA) is 71.7 Å². The summed E-state index contributed by atoms with van der Waals surface area (Å²) < 4.78 is 11.1. The summed E-state index contributed by atoms with van der Waals surface area (Å²) in [4.78, 5) is 21.2. The summed E-state index contributed by atoms with van der Waals surface area (Å²) in [5.41, 5.74) is 0. The molecule has 0 aromatic carbocycles. The fraction of sp³-hybridized carbons (Fsp3) is 0.824. The summed E-state index contributed by atoms with van der Waals surface area (Å²) in [7, 11) is 0. The normalized spacial score (nSPS) is 24.1. The van der Waals surface area contributed by atoms with Gasteiger partial charge in [-0.05, 0) is 38.2 Å². The van der Waals surface area contributed by atoms with Crippen LogP contribution < -0.4 is 0 Å². The summed E-state index contributed by atoms with van der Waals surface area (Å²) in [6.45, 7) is 8.09. The molecule has 8 heteroatoms. The van der Waals surface area contributed by atoms with E-state index in [0.29, 0.717) is 37.5 Å². The number of carbonyl (C=O) groups excluding carboxylic acids is 1. The first-order valence-electron chi connectivity index (χ1n) is 9.05. The number of ether oxygens (including phenoxy) is 1. The van der Waals surface area contributed by atoms with Crippen LogP contribution in [0, 0.1) is 6.92 Å². The summed E-state index contributed by atoms with van der Waals surface area (Å²) in [6, 6.07) is 0.656. The number of carbonyl (C=O) groups is 1. The van der Waals surface area contributed by atoms with E-state index in [1.54, 1.807) is 6.92 Å². The molecule has 2 fully saturated rings. The lowest BCUT2D eigenvalue weighted by Gasteiger charge is -2.33. The van der Waals surface area contributed by atoms with Crippen LogP contribution in [-0.2, 0) is 16.1 Å². The van der Waals surface area contributed by atoms with Gasteiger partial charge in [-0.2, -0.15) is 16.7 Å². The maximum atomic E-state index is 12.7. The van der Waals surface area contributed by atoms with Gasteiger partial charge in [-0.3, -0.25) is 9.69 Å². The van der Waals surface area contributed by atoms with E-state index in [2.05, 4.69) is 28.9 Å². The highest BCUT2D eigenvalue weighted by Crippen LogP contribution is 2.24. The molecule has 2 aliphatic rings. The standard InChI is InChI=1S/C17H28N4O3S/c1-12(2)21-9-15(23-11-16-18-13(3)24-19-16)8-20(10-17(21)22)14-4-6-25-7-5-14/h12,14-15H,4-11H2,1-3H3. The number of hydrogen-bond donors (Lipinski definition) is 0. The molecule has 3 heterocycles. The van der Waals surface area contributed by atoms with Crippen molar-refractivity contribution in [3.63, 3.8) is 0 Å². The van der Waals surface area contributed by atoms with Gasteiger partial charge in [0, 0.05) is 32.1 Å². The molecule has 0 spiro atoms. The third kappa shape index (κ3) is 4.95. The van der Waals surface area contributed by atoms with E-state index in [4.69, 9.17) is 9.26 Å². The molecule has 140 valence electrons. The third-order valence-corrected chi connectivity index (χ3v) is 5.89. The first kappa shape index (κ1) is 18.7. The molecule has 2 saturated heterocycles. The molecule has 1 atom stereocenters. The van der Waals surface area contributed by atoms with Crippen molar-refractivity contribution in [2.75, 3.05) is 31.1 Å². The molecule has 0 N–H and O–H groups in total. The van der Waals surface area contributed by atoms with Crippen molar-refractivity contribution >= 4 is 17.7 Å². The van der Waals surface area contributed by atoms with Crippen LogP contribution in [0.1, 0.15) is 38.4 Å². The number of aromatic nitrogens is 2. The average Bonchev–Trinajstić information content (AvgIpc) is 2.93. The van der Waals surface area contributed by atoms with Gasteiger partial charge >= 0.3 is 0 Å². The number of aryl methyl sites for hydroxylation is 1. The minimum atomic E-state index is -0.0396. The smallest absolute Gasteiger partial charge is 0.237 e. The predicted molar refractivity (Wildman–Crippen MR) is 96.4 cm³/mol. The lowest BCUT2D eigenvalue weighted by molar-refractivity contribution is -0.133. The van der Waals surface area contributed by atoms with Crippen LogP contribution in [0.25, 0.3) is 0 Å². The van der Waals surface area contributed by atoms with E-state index in [9.17, 15) is 4.79 Å². The maximum absolute atomic E-state index is 12.7. The highest BCUT2D eigenvalue weighted by Gasteiger charge is 2.33. The average molecular weight is 369 g/mol. The summed E-state index contributed by atoms with van der Waals surface area (Å²) >= 11 is 2.00. The van der Waals surface area contributed by atoms with Crippen LogP contribution in [0.15, 0.2) is 4.52 Å². The molecule has 1 amide bonds. The molecule has 2 aliphatic heterocycles. The van der Waals surface area contributed by atoms with Crippen molar-refractivity contribution in [2.24, 2.45) is 0 Å². The molecular formula is C17H28N4O3S. The van der Waals surface area contributed by atoms with E-state index in [-0.39, 0.29) is 18.1 Å². The van der Waals surface area contributed by atoms with E-state index in [1.807, 2.05) is 16.7 Å². The van der Waals surface area contributed by atoms with Crippen molar-refractivity contribution in [3.8, 4) is 0 Å². The Bertz CT molecular complexity index is 574. The van der Waals surface area contributed by atoms with Gasteiger partial charge in [0.05, 0.1) is 12.6 Å². The van der Waals surface area contributed by atoms with E-state index in [1.165, 1.54) is 11.5 Å². The zero-order valence-electron chi connectivity index (χ0n) is 15.3. The van der Waals surface area contributed by atoms with Gasteiger partial charge in [-0.15, -0.1) is 0 Å². The zero-order valence-corrected chi connectivity index (χ0v) is 16.1. The first-order valence-corrected chi connectivity index (χ1v) is 10.2. The van der Waals surface area contributed by atoms with Gasteiger partial charge in [0.2, 0.25) is 11.8 Å². The van der Waals surface area contributed by atoms with Gasteiger partial charge in [-0.25, -0.2) is 0 Å². The van der Waals surface area contributed by atoms with Crippen LogP contribution in [0.3, 0.4) is 0 Å². The molecule has 0 bridgehead atoms. The molecule has 3 rings (SSSR count). The third-order valence-electron chi connectivity index (χ3n) is 4.85. The van der Waals surface area contributed by atoms with Crippen molar-refractivity contribution in [2.45, 2.75) is 58.4 Å². The Kier molecular flexibility index (Phi) is 6.35. The van der Waals surface area contributed by atoms with E-state index < -0.39 is 0 Å². The minimum Gasteiger partial charge on any atom is -0.367 e. The monoisotopic (exact) mass is 368 g/mol. The van der Waals surface area contributed by atoms with Gasteiger partial charge in [0.1, 0.15) is 6.61 Å². The Morgan fingerprint density at radius 1 is 1.32 bits per heavy atom.